The van der Waals surface area contributed by atoms with Gasteiger partial charge in [0.25, 0.3) is 11.5 Å². The van der Waals surface area contributed by atoms with Crippen LogP contribution in [-0.2, 0) is 6.54 Å². The fraction of sp³-hybridized carbons (Fsp3) is 0.200. The van der Waals surface area contributed by atoms with Gasteiger partial charge in [0.15, 0.2) is 0 Å². The first-order valence-corrected chi connectivity index (χ1v) is 11.7. The van der Waals surface area contributed by atoms with Crippen molar-refractivity contribution in [2.75, 3.05) is 26.2 Å². The van der Waals surface area contributed by atoms with E-state index in [9.17, 15) is 9.59 Å². The van der Waals surface area contributed by atoms with Gasteiger partial charge >= 0.3 is 0 Å². The standard InChI is InChI=1S/C25H22ClN3O2S/c26-19-6-3-5-18(14-19)23-9-8-20(32-23)16-28-10-12-29(13-11-28)25(31)21-15-17-4-1-2-7-22(17)27-24(21)30/h1-9,14-15H,10-13,16H2,(H,27,30). The summed E-state index contributed by atoms with van der Waals surface area (Å²) in [6, 6.07) is 21.4. The number of thiophene rings is 1. The molecule has 0 atom stereocenters. The van der Waals surface area contributed by atoms with Gasteiger partial charge in [-0.1, -0.05) is 41.9 Å². The number of halogens is 1. The van der Waals surface area contributed by atoms with Crippen molar-refractivity contribution >= 4 is 39.7 Å². The van der Waals surface area contributed by atoms with Gasteiger partial charge in [0, 0.05) is 53.0 Å². The molecule has 2 aromatic carbocycles. The van der Waals surface area contributed by atoms with Gasteiger partial charge in [-0.15, -0.1) is 11.3 Å². The number of hydrogen-bond acceptors (Lipinski definition) is 4. The second-order valence-electron chi connectivity index (χ2n) is 7.94. The van der Waals surface area contributed by atoms with Crippen molar-refractivity contribution in [2.24, 2.45) is 0 Å². The number of carbonyl (C=O) groups is 1. The molecule has 1 N–H and O–H groups in total. The lowest BCUT2D eigenvalue weighted by atomic mass is 10.1. The van der Waals surface area contributed by atoms with Crippen molar-refractivity contribution in [1.29, 1.82) is 0 Å². The van der Waals surface area contributed by atoms with Crippen LogP contribution in [0, 0.1) is 0 Å². The predicted molar refractivity (Wildman–Crippen MR) is 131 cm³/mol. The summed E-state index contributed by atoms with van der Waals surface area (Å²) in [6.45, 7) is 3.63. The Labute approximate surface area is 194 Å². The van der Waals surface area contributed by atoms with Crippen molar-refractivity contribution in [3.8, 4) is 10.4 Å². The number of pyridine rings is 1. The lowest BCUT2D eigenvalue weighted by Crippen LogP contribution is -2.49. The summed E-state index contributed by atoms with van der Waals surface area (Å²) in [5.41, 5.74) is 1.75. The highest BCUT2D eigenvalue weighted by Gasteiger charge is 2.24. The molecule has 1 aliphatic heterocycles. The smallest absolute Gasteiger partial charge is 0.261 e. The monoisotopic (exact) mass is 463 g/mol. The van der Waals surface area contributed by atoms with E-state index in [0.717, 1.165) is 41.1 Å². The van der Waals surface area contributed by atoms with E-state index in [1.807, 2.05) is 42.5 Å². The molecule has 0 aliphatic carbocycles. The topological polar surface area (TPSA) is 56.4 Å². The molecule has 5 rings (SSSR count). The second-order valence-corrected chi connectivity index (χ2v) is 9.55. The molecule has 1 aliphatic rings. The number of nitrogens with zero attached hydrogens (tertiary/aromatic N) is 2. The van der Waals surface area contributed by atoms with Crippen LogP contribution in [0.15, 0.2) is 71.5 Å². The molecule has 1 fully saturated rings. The second kappa shape index (κ2) is 8.90. The molecule has 0 radical (unpaired) electrons. The first-order valence-electron chi connectivity index (χ1n) is 10.6. The first-order chi connectivity index (χ1) is 15.6. The Morgan fingerprint density at radius 2 is 1.78 bits per heavy atom. The number of fused-ring (bicyclic) bond motifs is 1. The summed E-state index contributed by atoms with van der Waals surface area (Å²) in [4.78, 5) is 34.9. The average Bonchev–Trinajstić information content (AvgIpc) is 3.27. The number of aromatic amines is 1. The van der Waals surface area contributed by atoms with Crippen molar-refractivity contribution in [3.63, 3.8) is 0 Å². The molecule has 0 unspecified atom stereocenters. The van der Waals surface area contributed by atoms with Gasteiger partial charge in [-0.05, 0) is 47.3 Å². The number of piperazine rings is 1. The third-order valence-corrected chi connectivity index (χ3v) is 7.15. The molecule has 0 spiro atoms. The SMILES string of the molecule is O=C(c1cc2ccccc2[nH]c1=O)N1CCN(Cc2ccc(-c3cccc(Cl)c3)s2)CC1. The zero-order chi connectivity index (χ0) is 22.1. The number of para-hydroxylation sites is 1. The van der Waals surface area contributed by atoms with Crippen molar-refractivity contribution in [1.82, 2.24) is 14.8 Å². The van der Waals surface area contributed by atoms with Crippen molar-refractivity contribution < 1.29 is 4.79 Å². The Kier molecular flexibility index (Phi) is 5.83. The molecule has 0 bridgehead atoms. The molecule has 1 saturated heterocycles. The van der Waals surface area contributed by atoms with E-state index in [2.05, 4.69) is 28.1 Å². The normalized spacial score (nSPS) is 14.7. The Hall–Kier alpha value is -2.93. The molecule has 5 nitrogen and oxygen atoms in total. The van der Waals surface area contributed by atoms with Crippen LogP contribution >= 0.6 is 22.9 Å². The van der Waals surface area contributed by atoms with Gasteiger partial charge in [0.2, 0.25) is 0 Å². The minimum atomic E-state index is -0.330. The Morgan fingerprint density at radius 1 is 0.969 bits per heavy atom. The number of H-pyrrole nitrogens is 1. The summed E-state index contributed by atoms with van der Waals surface area (Å²) < 4.78 is 0. The average molecular weight is 464 g/mol. The van der Waals surface area contributed by atoms with E-state index in [-0.39, 0.29) is 17.0 Å². The summed E-state index contributed by atoms with van der Waals surface area (Å²) in [5, 5.41) is 1.60. The number of nitrogens with one attached hydrogen (secondary N) is 1. The molecule has 3 heterocycles. The summed E-state index contributed by atoms with van der Waals surface area (Å²) in [5.74, 6) is -0.198. The molecule has 32 heavy (non-hydrogen) atoms. The van der Waals surface area contributed by atoms with Crippen LogP contribution in [0.25, 0.3) is 21.3 Å². The third kappa shape index (κ3) is 4.35. The predicted octanol–water partition coefficient (Wildman–Crippen LogP) is 4.87. The van der Waals surface area contributed by atoms with E-state index in [4.69, 9.17) is 11.6 Å². The number of aromatic nitrogens is 1. The lowest BCUT2D eigenvalue weighted by molar-refractivity contribution is 0.0628. The zero-order valence-electron chi connectivity index (χ0n) is 17.4. The van der Waals surface area contributed by atoms with Gasteiger partial charge < -0.3 is 9.88 Å². The van der Waals surface area contributed by atoms with Crippen LogP contribution in [-0.4, -0.2) is 46.9 Å². The molecule has 2 aromatic heterocycles. The van der Waals surface area contributed by atoms with Crippen LogP contribution in [0.1, 0.15) is 15.2 Å². The van der Waals surface area contributed by atoms with E-state index in [1.165, 1.54) is 9.75 Å². The maximum atomic E-state index is 13.0. The third-order valence-electron chi connectivity index (χ3n) is 5.79. The van der Waals surface area contributed by atoms with Crippen LogP contribution in [0.5, 0.6) is 0 Å². The van der Waals surface area contributed by atoms with Gasteiger partial charge in [-0.3, -0.25) is 14.5 Å². The fourth-order valence-corrected chi connectivity index (χ4v) is 5.30. The quantitative estimate of drug-likeness (QED) is 0.470. The van der Waals surface area contributed by atoms with Crippen molar-refractivity contribution in [2.45, 2.75) is 6.54 Å². The maximum Gasteiger partial charge on any atom is 0.261 e. The van der Waals surface area contributed by atoms with Gasteiger partial charge in [0.1, 0.15) is 5.56 Å². The van der Waals surface area contributed by atoms with Gasteiger partial charge in [-0.25, -0.2) is 0 Å². The highest BCUT2D eigenvalue weighted by atomic mass is 35.5. The minimum Gasteiger partial charge on any atom is -0.336 e. The Bertz CT molecular complexity index is 1340. The van der Waals surface area contributed by atoms with E-state index in [0.29, 0.717) is 13.1 Å². The van der Waals surface area contributed by atoms with Gasteiger partial charge in [-0.2, -0.15) is 0 Å². The van der Waals surface area contributed by atoms with Crippen LogP contribution in [0.4, 0.5) is 0 Å². The highest BCUT2D eigenvalue weighted by molar-refractivity contribution is 7.15. The maximum absolute atomic E-state index is 13.0. The molecule has 162 valence electrons. The Morgan fingerprint density at radius 3 is 2.59 bits per heavy atom. The van der Waals surface area contributed by atoms with E-state index < -0.39 is 0 Å². The minimum absolute atomic E-state index is 0.198. The van der Waals surface area contributed by atoms with E-state index >= 15 is 0 Å². The van der Waals surface area contributed by atoms with Crippen LogP contribution < -0.4 is 5.56 Å². The number of amides is 1. The van der Waals surface area contributed by atoms with Gasteiger partial charge in [0.05, 0.1) is 0 Å². The fourth-order valence-electron chi connectivity index (χ4n) is 4.07. The zero-order valence-corrected chi connectivity index (χ0v) is 19.0. The molecule has 7 heteroatoms. The highest BCUT2D eigenvalue weighted by Crippen LogP contribution is 2.30. The number of carbonyl (C=O) groups excluding carboxylic acids is 1. The Balaban J connectivity index is 1.23. The summed E-state index contributed by atoms with van der Waals surface area (Å²) >= 11 is 7.89. The summed E-state index contributed by atoms with van der Waals surface area (Å²) in [7, 11) is 0. The molecular weight excluding hydrogens is 442 g/mol. The first kappa shape index (κ1) is 20.9. The molecule has 4 aromatic rings. The molecular formula is C25H22ClN3O2S. The number of hydrogen-bond donors (Lipinski definition) is 1. The lowest BCUT2D eigenvalue weighted by Gasteiger charge is -2.34. The number of benzene rings is 2. The number of rotatable bonds is 4. The largest absolute Gasteiger partial charge is 0.336 e. The van der Waals surface area contributed by atoms with Crippen LogP contribution in [0.3, 0.4) is 0 Å². The van der Waals surface area contributed by atoms with E-state index in [1.54, 1.807) is 22.3 Å². The van der Waals surface area contributed by atoms with Crippen molar-refractivity contribution in [3.05, 3.63) is 92.5 Å². The summed E-state index contributed by atoms with van der Waals surface area (Å²) in [6.07, 6.45) is 0. The molecule has 1 amide bonds. The van der Waals surface area contributed by atoms with Crippen LogP contribution in [0.2, 0.25) is 5.02 Å². The molecule has 0 saturated carbocycles.